The monoisotopic (exact) mass is 445 g/mol. The first kappa shape index (κ1) is 23.4. The van der Waals surface area contributed by atoms with Crippen LogP contribution in [-0.2, 0) is 13.1 Å². The van der Waals surface area contributed by atoms with Gasteiger partial charge in [0, 0.05) is 35.3 Å². The minimum atomic E-state index is 0.0417. The first-order valence-electron chi connectivity index (χ1n) is 10.7. The third-order valence-electron chi connectivity index (χ3n) is 5.59. The van der Waals surface area contributed by atoms with E-state index in [2.05, 4.69) is 43.2 Å². The second-order valence-electron chi connectivity index (χ2n) is 9.56. The number of ether oxygens (including phenoxy) is 2. The number of nitrogens with zero attached hydrogens (tertiary/aromatic N) is 1. The second kappa shape index (κ2) is 9.49. The summed E-state index contributed by atoms with van der Waals surface area (Å²) < 4.78 is 16.6. The van der Waals surface area contributed by atoms with Crippen LogP contribution >= 0.6 is 12.2 Å². The fourth-order valence-corrected chi connectivity index (χ4v) is 4.96. The fraction of sp³-hybridized carbons (Fsp3) is 0.542. The highest BCUT2D eigenvalue weighted by Gasteiger charge is 2.38. The Bertz CT molecular complexity index is 864. The normalized spacial score (nSPS) is 17.7. The van der Waals surface area contributed by atoms with E-state index in [0.717, 1.165) is 35.7 Å². The summed E-state index contributed by atoms with van der Waals surface area (Å²) in [6.45, 7) is 10.1. The highest BCUT2D eigenvalue weighted by molar-refractivity contribution is 7.80. The van der Waals surface area contributed by atoms with Gasteiger partial charge in [0.05, 0.1) is 27.0 Å². The van der Waals surface area contributed by atoms with Gasteiger partial charge in [-0.1, -0.05) is 0 Å². The molecule has 1 fully saturated rings. The molecule has 0 amide bonds. The largest absolute Gasteiger partial charge is 0.497 e. The van der Waals surface area contributed by atoms with Crippen LogP contribution in [0.15, 0.2) is 41.0 Å². The van der Waals surface area contributed by atoms with Crippen LogP contribution in [-0.4, -0.2) is 41.4 Å². The smallest absolute Gasteiger partial charge is 0.169 e. The molecule has 3 rings (SSSR count). The number of methoxy groups -OCH3 is 2. The van der Waals surface area contributed by atoms with Gasteiger partial charge in [-0.25, -0.2) is 0 Å². The number of hydrogen-bond acceptors (Lipinski definition) is 5. The summed E-state index contributed by atoms with van der Waals surface area (Å²) >= 11 is 5.89. The number of piperidine rings is 1. The molecular formula is C24H35N3O3S. The maximum absolute atomic E-state index is 5.89. The van der Waals surface area contributed by atoms with Crippen LogP contribution in [0.25, 0.3) is 0 Å². The van der Waals surface area contributed by atoms with Gasteiger partial charge in [-0.2, -0.15) is 0 Å². The van der Waals surface area contributed by atoms with Gasteiger partial charge in [0.1, 0.15) is 17.3 Å². The Balaban J connectivity index is 1.79. The highest BCUT2D eigenvalue weighted by Crippen LogP contribution is 2.29. The fourth-order valence-electron chi connectivity index (χ4n) is 4.67. The van der Waals surface area contributed by atoms with Crippen LogP contribution in [0.5, 0.6) is 11.5 Å². The van der Waals surface area contributed by atoms with Crippen molar-refractivity contribution in [3.8, 4) is 11.5 Å². The predicted octanol–water partition coefficient (Wildman–Crippen LogP) is 4.48. The van der Waals surface area contributed by atoms with Crippen LogP contribution in [0.2, 0.25) is 0 Å². The number of hydrogen-bond donors (Lipinski definition) is 2. The van der Waals surface area contributed by atoms with Gasteiger partial charge in [0.2, 0.25) is 0 Å². The van der Waals surface area contributed by atoms with Gasteiger partial charge < -0.3 is 29.4 Å². The summed E-state index contributed by atoms with van der Waals surface area (Å²) in [7, 11) is 3.32. The van der Waals surface area contributed by atoms with Crippen LogP contribution in [0.4, 0.5) is 0 Å². The standard InChI is InChI=1S/C24H35N3O3S/c1-23(2)13-18(14-24(3,4)26-23)25-22(31)27(16-20-8-7-11-30-20)15-17-9-10-19(28-5)12-21(17)29-6/h7-12,18,26H,13-16H2,1-6H3,(H,25,31). The van der Waals surface area contributed by atoms with Crippen molar-refractivity contribution >= 4 is 17.3 Å². The zero-order valence-corrected chi connectivity index (χ0v) is 20.3. The second-order valence-corrected chi connectivity index (χ2v) is 9.95. The lowest BCUT2D eigenvalue weighted by molar-refractivity contribution is 0.153. The van der Waals surface area contributed by atoms with Crippen molar-refractivity contribution in [2.75, 3.05) is 14.2 Å². The third-order valence-corrected chi connectivity index (χ3v) is 5.96. The lowest BCUT2D eigenvalue weighted by Crippen LogP contribution is -2.62. The van der Waals surface area contributed by atoms with Crippen molar-refractivity contribution in [2.24, 2.45) is 0 Å². The lowest BCUT2D eigenvalue weighted by atomic mass is 9.80. The first-order valence-corrected chi connectivity index (χ1v) is 11.1. The number of nitrogens with one attached hydrogen (secondary N) is 2. The summed E-state index contributed by atoms with van der Waals surface area (Å²) in [5.41, 5.74) is 1.12. The average molecular weight is 446 g/mol. The zero-order valence-electron chi connectivity index (χ0n) is 19.5. The molecule has 1 saturated heterocycles. The number of benzene rings is 1. The van der Waals surface area contributed by atoms with Crippen molar-refractivity contribution in [3.05, 3.63) is 47.9 Å². The summed E-state index contributed by atoms with van der Waals surface area (Å²) in [4.78, 5) is 2.13. The van der Waals surface area contributed by atoms with Crippen LogP contribution in [0.1, 0.15) is 51.9 Å². The van der Waals surface area contributed by atoms with Crippen molar-refractivity contribution in [3.63, 3.8) is 0 Å². The molecule has 0 radical (unpaired) electrons. The molecule has 0 atom stereocenters. The quantitative estimate of drug-likeness (QED) is 0.609. The predicted molar refractivity (Wildman–Crippen MR) is 128 cm³/mol. The van der Waals surface area contributed by atoms with E-state index in [1.165, 1.54) is 0 Å². The van der Waals surface area contributed by atoms with Gasteiger partial charge in [-0.15, -0.1) is 0 Å². The number of rotatable bonds is 7. The van der Waals surface area contributed by atoms with Crippen molar-refractivity contribution in [2.45, 2.75) is 70.7 Å². The van der Waals surface area contributed by atoms with E-state index in [1.54, 1.807) is 20.5 Å². The molecule has 0 spiro atoms. The number of thiocarbonyl (C=S) groups is 1. The van der Waals surface area contributed by atoms with E-state index >= 15 is 0 Å². The third kappa shape index (κ3) is 6.37. The molecule has 170 valence electrons. The van der Waals surface area contributed by atoms with E-state index in [0.29, 0.717) is 18.2 Å². The van der Waals surface area contributed by atoms with E-state index in [4.69, 9.17) is 26.1 Å². The first-order chi connectivity index (χ1) is 14.6. The maximum Gasteiger partial charge on any atom is 0.169 e. The van der Waals surface area contributed by atoms with Gasteiger partial charge in [-0.05, 0) is 77.0 Å². The molecule has 0 unspecified atom stereocenters. The molecule has 2 heterocycles. The molecule has 1 aromatic carbocycles. The van der Waals surface area contributed by atoms with Crippen molar-refractivity contribution < 1.29 is 13.9 Å². The molecule has 31 heavy (non-hydrogen) atoms. The van der Waals surface area contributed by atoms with Gasteiger partial charge in [0.15, 0.2) is 5.11 Å². The summed E-state index contributed by atoms with van der Waals surface area (Å²) in [6, 6.07) is 10.0. The maximum atomic E-state index is 5.89. The molecule has 1 aromatic heterocycles. The molecule has 7 heteroatoms. The SMILES string of the molecule is COc1ccc(CN(Cc2ccco2)C(=S)NC2CC(C)(C)NC(C)(C)C2)c(OC)c1. The average Bonchev–Trinajstić information content (AvgIpc) is 3.18. The van der Waals surface area contributed by atoms with E-state index < -0.39 is 0 Å². The highest BCUT2D eigenvalue weighted by atomic mass is 32.1. The van der Waals surface area contributed by atoms with Gasteiger partial charge >= 0.3 is 0 Å². The minimum Gasteiger partial charge on any atom is -0.497 e. The molecule has 0 bridgehead atoms. The topological polar surface area (TPSA) is 58.9 Å². The van der Waals surface area contributed by atoms with Gasteiger partial charge in [0.25, 0.3) is 0 Å². The molecular weight excluding hydrogens is 410 g/mol. The summed E-state index contributed by atoms with van der Waals surface area (Å²) in [5, 5.41) is 8.07. The molecule has 0 aliphatic carbocycles. The Kier molecular flexibility index (Phi) is 7.17. The Morgan fingerprint density at radius 2 is 1.84 bits per heavy atom. The molecule has 1 aliphatic heterocycles. The van der Waals surface area contributed by atoms with Gasteiger partial charge in [-0.3, -0.25) is 0 Å². The lowest BCUT2D eigenvalue weighted by Gasteiger charge is -2.47. The Hall–Kier alpha value is -2.25. The summed E-state index contributed by atoms with van der Waals surface area (Å²) in [6.07, 6.45) is 3.68. The Labute approximate surface area is 191 Å². The van der Waals surface area contributed by atoms with E-state index in [9.17, 15) is 0 Å². The van der Waals surface area contributed by atoms with Crippen molar-refractivity contribution in [1.29, 1.82) is 0 Å². The molecule has 2 N–H and O–H groups in total. The van der Waals surface area contributed by atoms with E-state index in [1.807, 2.05) is 30.3 Å². The van der Waals surface area contributed by atoms with E-state index in [-0.39, 0.29) is 17.1 Å². The van der Waals surface area contributed by atoms with Crippen molar-refractivity contribution in [1.82, 2.24) is 15.5 Å². The molecule has 6 nitrogen and oxygen atoms in total. The molecule has 0 saturated carbocycles. The zero-order chi connectivity index (χ0) is 22.6. The minimum absolute atomic E-state index is 0.0417. The Morgan fingerprint density at radius 3 is 2.42 bits per heavy atom. The van der Waals surface area contributed by atoms with Crippen LogP contribution in [0, 0.1) is 0 Å². The molecule has 1 aliphatic rings. The number of furan rings is 1. The summed E-state index contributed by atoms with van der Waals surface area (Å²) in [5.74, 6) is 2.40. The Morgan fingerprint density at radius 1 is 1.13 bits per heavy atom. The van der Waals surface area contributed by atoms with Crippen LogP contribution < -0.4 is 20.1 Å². The van der Waals surface area contributed by atoms with Crippen LogP contribution in [0.3, 0.4) is 0 Å². The molecule has 2 aromatic rings.